The Balaban J connectivity index is 1.95. The van der Waals surface area contributed by atoms with Crippen LogP contribution in [0.15, 0.2) is 24.3 Å². The number of carbonyl (C=O) groups excluding carboxylic acids is 1. The summed E-state index contributed by atoms with van der Waals surface area (Å²) in [5.41, 5.74) is 1.20. The number of rotatable bonds is 8. The van der Waals surface area contributed by atoms with E-state index in [4.69, 9.17) is 4.74 Å². The van der Waals surface area contributed by atoms with Crippen molar-refractivity contribution in [1.82, 2.24) is 4.90 Å². The summed E-state index contributed by atoms with van der Waals surface area (Å²) in [6, 6.07) is 7.88. The fourth-order valence-corrected chi connectivity index (χ4v) is 3.49. The van der Waals surface area contributed by atoms with Crippen molar-refractivity contribution in [2.45, 2.75) is 58.0 Å². The number of aliphatic hydroxyl groups is 1. The van der Waals surface area contributed by atoms with Crippen molar-refractivity contribution in [3.05, 3.63) is 35.4 Å². The monoisotopic (exact) mass is 347 g/mol. The number of carbonyl (C=O) groups is 1. The Morgan fingerprint density at radius 3 is 2.92 bits per heavy atom. The third-order valence-electron chi connectivity index (χ3n) is 4.97. The van der Waals surface area contributed by atoms with Crippen LogP contribution in [0.2, 0.25) is 0 Å². The predicted molar refractivity (Wildman–Crippen MR) is 101 cm³/mol. The lowest BCUT2D eigenvalue weighted by Gasteiger charge is -2.33. The van der Waals surface area contributed by atoms with Gasteiger partial charge in [0.1, 0.15) is 0 Å². The number of methoxy groups -OCH3 is 1. The van der Waals surface area contributed by atoms with Gasteiger partial charge in [-0.3, -0.25) is 4.79 Å². The molecule has 0 aromatic heterocycles. The number of benzene rings is 1. The quantitative estimate of drug-likeness (QED) is 0.730. The number of ether oxygens (including phenoxy) is 1. The SMILES string of the molecule is COCCCC1CCCN(C(=O)c2cccc(CCC(C)(C)O)c2)C1. The van der Waals surface area contributed by atoms with Gasteiger partial charge in [-0.05, 0) is 76.0 Å². The number of aryl methyl sites for hydroxylation is 1. The van der Waals surface area contributed by atoms with Gasteiger partial charge in [-0.15, -0.1) is 0 Å². The van der Waals surface area contributed by atoms with Gasteiger partial charge in [0.15, 0.2) is 0 Å². The van der Waals surface area contributed by atoms with Gasteiger partial charge < -0.3 is 14.7 Å². The lowest BCUT2D eigenvalue weighted by Crippen LogP contribution is -2.40. The first-order valence-electron chi connectivity index (χ1n) is 9.48. The van der Waals surface area contributed by atoms with Crippen LogP contribution in [0.3, 0.4) is 0 Å². The molecule has 25 heavy (non-hydrogen) atoms. The summed E-state index contributed by atoms with van der Waals surface area (Å²) < 4.78 is 5.14. The molecule has 1 heterocycles. The van der Waals surface area contributed by atoms with E-state index >= 15 is 0 Å². The van der Waals surface area contributed by atoms with Crippen LogP contribution in [-0.2, 0) is 11.2 Å². The molecule has 140 valence electrons. The number of hydrogen-bond donors (Lipinski definition) is 1. The zero-order valence-corrected chi connectivity index (χ0v) is 16.0. The Bertz CT molecular complexity index is 550. The van der Waals surface area contributed by atoms with E-state index in [9.17, 15) is 9.90 Å². The third kappa shape index (κ3) is 6.79. The van der Waals surface area contributed by atoms with E-state index in [1.165, 1.54) is 6.42 Å². The molecule has 1 aromatic carbocycles. The average Bonchev–Trinajstić information content (AvgIpc) is 2.59. The molecule has 1 fully saturated rings. The van der Waals surface area contributed by atoms with E-state index < -0.39 is 5.60 Å². The molecule has 0 bridgehead atoms. The maximum Gasteiger partial charge on any atom is 0.253 e. The van der Waals surface area contributed by atoms with Crippen molar-refractivity contribution in [2.24, 2.45) is 5.92 Å². The molecular weight excluding hydrogens is 314 g/mol. The normalized spacial score (nSPS) is 18.4. The highest BCUT2D eigenvalue weighted by Crippen LogP contribution is 2.23. The van der Waals surface area contributed by atoms with Crippen molar-refractivity contribution in [3.63, 3.8) is 0 Å². The van der Waals surface area contributed by atoms with Gasteiger partial charge >= 0.3 is 0 Å². The average molecular weight is 347 g/mol. The molecule has 1 amide bonds. The third-order valence-corrected chi connectivity index (χ3v) is 4.97. The molecular formula is C21H33NO3. The maximum absolute atomic E-state index is 12.9. The summed E-state index contributed by atoms with van der Waals surface area (Å²) in [6.07, 6.45) is 5.96. The maximum atomic E-state index is 12.9. The van der Waals surface area contributed by atoms with Crippen LogP contribution in [-0.4, -0.2) is 48.3 Å². The van der Waals surface area contributed by atoms with Crippen LogP contribution in [0, 0.1) is 5.92 Å². The highest BCUT2D eigenvalue weighted by atomic mass is 16.5. The second-order valence-corrected chi connectivity index (χ2v) is 7.91. The van der Waals surface area contributed by atoms with Gasteiger partial charge in [0.25, 0.3) is 5.91 Å². The Morgan fingerprint density at radius 2 is 2.20 bits per heavy atom. The van der Waals surface area contributed by atoms with E-state index in [0.717, 1.165) is 56.5 Å². The first-order valence-corrected chi connectivity index (χ1v) is 9.48. The molecule has 1 saturated heterocycles. The van der Waals surface area contributed by atoms with Crippen molar-refractivity contribution < 1.29 is 14.6 Å². The summed E-state index contributed by atoms with van der Waals surface area (Å²) in [6.45, 7) is 6.15. The molecule has 1 unspecified atom stereocenters. The smallest absolute Gasteiger partial charge is 0.253 e. The second kappa shape index (κ2) is 9.35. The summed E-state index contributed by atoms with van der Waals surface area (Å²) in [4.78, 5) is 14.9. The summed E-state index contributed by atoms with van der Waals surface area (Å²) in [5, 5.41) is 9.90. The first-order chi connectivity index (χ1) is 11.9. The number of amides is 1. The molecule has 1 atom stereocenters. The zero-order chi connectivity index (χ0) is 18.3. The number of nitrogens with zero attached hydrogens (tertiary/aromatic N) is 1. The van der Waals surface area contributed by atoms with Crippen molar-refractivity contribution in [2.75, 3.05) is 26.8 Å². The van der Waals surface area contributed by atoms with Crippen molar-refractivity contribution in [3.8, 4) is 0 Å². The molecule has 1 aliphatic heterocycles. The fourth-order valence-electron chi connectivity index (χ4n) is 3.49. The highest BCUT2D eigenvalue weighted by molar-refractivity contribution is 5.94. The predicted octanol–water partition coefficient (Wildman–Crippen LogP) is 3.67. The minimum absolute atomic E-state index is 0.140. The second-order valence-electron chi connectivity index (χ2n) is 7.91. The van der Waals surface area contributed by atoms with Crippen LogP contribution < -0.4 is 0 Å². The number of likely N-dealkylation sites (tertiary alicyclic amines) is 1. The van der Waals surface area contributed by atoms with Crippen LogP contribution in [0.5, 0.6) is 0 Å². The molecule has 0 saturated carbocycles. The Labute approximate surface area is 152 Å². The van der Waals surface area contributed by atoms with Gasteiger partial charge in [0.05, 0.1) is 5.60 Å². The molecule has 0 aliphatic carbocycles. The van der Waals surface area contributed by atoms with Gasteiger partial charge in [-0.2, -0.15) is 0 Å². The largest absolute Gasteiger partial charge is 0.390 e. The molecule has 0 radical (unpaired) electrons. The molecule has 1 aromatic rings. The van der Waals surface area contributed by atoms with E-state index in [-0.39, 0.29) is 5.91 Å². The minimum atomic E-state index is -0.678. The molecule has 1 N–H and O–H groups in total. The lowest BCUT2D eigenvalue weighted by molar-refractivity contribution is 0.0660. The van der Waals surface area contributed by atoms with Crippen LogP contribution in [0.25, 0.3) is 0 Å². The Hall–Kier alpha value is -1.39. The number of hydrogen-bond acceptors (Lipinski definition) is 3. The minimum Gasteiger partial charge on any atom is -0.390 e. The molecule has 0 spiro atoms. The van der Waals surface area contributed by atoms with E-state index in [1.807, 2.05) is 43.0 Å². The molecule has 2 rings (SSSR count). The van der Waals surface area contributed by atoms with Crippen molar-refractivity contribution in [1.29, 1.82) is 0 Å². The van der Waals surface area contributed by atoms with Crippen LogP contribution in [0.4, 0.5) is 0 Å². The van der Waals surface area contributed by atoms with Gasteiger partial charge in [0, 0.05) is 32.4 Å². The molecule has 4 heteroatoms. The van der Waals surface area contributed by atoms with Crippen molar-refractivity contribution >= 4 is 5.91 Å². The summed E-state index contributed by atoms with van der Waals surface area (Å²) in [5.74, 6) is 0.729. The van der Waals surface area contributed by atoms with E-state index in [2.05, 4.69) is 0 Å². The summed E-state index contributed by atoms with van der Waals surface area (Å²) >= 11 is 0. The molecule has 1 aliphatic rings. The highest BCUT2D eigenvalue weighted by Gasteiger charge is 2.24. The first kappa shape index (κ1) is 19.9. The van der Waals surface area contributed by atoms with E-state index in [1.54, 1.807) is 7.11 Å². The standard InChI is InChI=1S/C21H33NO3/c1-21(2,24)12-11-17-7-4-10-19(15-17)20(23)22-13-5-8-18(16-22)9-6-14-25-3/h4,7,10,15,18,24H,5-6,8-9,11-14,16H2,1-3H3. The Morgan fingerprint density at radius 1 is 1.40 bits per heavy atom. The lowest BCUT2D eigenvalue weighted by atomic mass is 9.93. The van der Waals surface area contributed by atoms with Gasteiger partial charge in [-0.25, -0.2) is 0 Å². The molecule has 4 nitrogen and oxygen atoms in total. The zero-order valence-electron chi connectivity index (χ0n) is 16.0. The topological polar surface area (TPSA) is 49.8 Å². The van der Waals surface area contributed by atoms with Crippen LogP contribution in [0.1, 0.15) is 61.9 Å². The summed E-state index contributed by atoms with van der Waals surface area (Å²) in [7, 11) is 1.74. The fraction of sp³-hybridized carbons (Fsp3) is 0.667. The number of piperidine rings is 1. The Kier molecular flexibility index (Phi) is 7.45. The van der Waals surface area contributed by atoms with Crippen LogP contribution >= 0.6 is 0 Å². The van der Waals surface area contributed by atoms with Gasteiger partial charge in [-0.1, -0.05) is 12.1 Å². The van der Waals surface area contributed by atoms with E-state index in [0.29, 0.717) is 12.3 Å². The van der Waals surface area contributed by atoms with Gasteiger partial charge in [0.2, 0.25) is 0 Å².